The molecule has 0 bridgehead atoms. The van der Waals surface area contributed by atoms with Gasteiger partial charge in [-0.3, -0.25) is 14.9 Å². The first-order valence-electron chi connectivity index (χ1n) is 6.03. The molecule has 6 heteroatoms. The molecule has 1 aromatic carbocycles. The number of benzene rings is 1. The van der Waals surface area contributed by atoms with Crippen LogP contribution in [0.25, 0.3) is 0 Å². The molecule has 0 aliphatic heterocycles. The number of carboxylic acids is 2. The Balaban J connectivity index is 2.82. The van der Waals surface area contributed by atoms with Gasteiger partial charge in [0.05, 0.1) is 0 Å². The molecule has 0 aromatic heterocycles. The normalized spacial score (nSPS) is 13.7. The van der Waals surface area contributed by atoms with E-state index in [9.17, 15) is 14.7 Å². The molecule has 0 saturated heterocycles. The van der Waals surface area contributed by atoms with E-state index in [2.05, 4.69) is 5.32 Å². The molecule has 0 radical (unpaired) electrons. The van der Waals surface area contributed by atoms with E-state index in [1.165, 1.54) is 0 Å². The van der Waals surface area contributed by atoms with E-state index < -0.39 is 24.0 Å². The molecule has 0 heterocycles. The van der Waals surface area contributed by atoms with Crippen molar-refractivity contribution in [2.24, 2.45) is 5.73 Å². The van der Waals surface area contributed by atoms with Crippen LogP contribution in [-0.4, -0.2) is 34.7 Å². The molecule has 1 unspecified atom stereocenters. The van der Waals surface area contributed by atoms with Crippen LogP contribution < -0.4 is 11.1 Å². The van der Waals surface area contributed by atoms with Crippen LogP contribution in [0.2, 0.25) is 0 Å². The van der Waals surface area contributed by atoms with Crippen LogP contribution in [0.3, 0.4) is 0 Å². The Morgan fingerprint density at radius 3 is 2.26 bits per heavy atom. The fraction of sp³-hybridized carbons (Fsp3) is 0.385. The van der Waals surface area contributed by atoms with Crippen LogP contribution in [0.1, 0.15) is 24.4 Å². The zero-order valence-electron chi connectivity index (χ0n) is 10.5. The Hall–Kier alpha value is -1.92. The Kier molecular flexibility index (Phi) is 5.98. The Morgan fingerprint density at radius 1 is 1.16 bits per heavy atom. The van der Waals surface area contributed by atoms with Crippen molar-refractivity contribution in [2.75, 3.05) is 6.54 Å². The van der Waals surface area contributed by atoms with Crippen LogP contribution in [-0.2, 0) is 9.59 Å². The van der Waals surface area contributed by atoms with E-state index in [1.807, 2.05) is 0 Å². The Labute approximate surface area is 111 Å². The summed E-state index contributed by atoms with van der Waals surface area (Å²) in [7, 11) is 0. The number of aliphatic carboxylic acids is 2. The van der Waals surface area contributed by atoms with Gasteiger partial charge in [-0.1, -0.05) is 30.3 Å². The first kappa shape index (κ1) is 15.1. The second-order valence-electron chi connectivity index (χ2n) is 4.17. The highest BCUT2D eigenvalue weighted by Crippen LogP contribution is 2.14. The van der Waals surface area contributed by atoms with Gasteiger partial charge in [0.1, 0.15) is 12.1 Å². The minimum atomic E-state index is -1.11. The van der Waals surface area contributed by atoms with Crippen LogP contribution in [0.5, 0.6) is 0 Å². The summed E-state index contributed by atoms with van der Waals surface area (Å²) in [6, 6.07) is 6.52. The number of nitrogens with one attached hydrogen (secondary N) is 1. The fourth-order valence-electron chi connectivity index (χ4n) is 1.76. The average molecular weight is 266 g/mol. The molecule has 6 nitrogen and oxygen atoms in total. The summed E-state index contributed by atoms with van der Waals surface area (Å²) in [6.07, 6.45) is 0.813. The standard InChI is InChI=1S/C13H18N2O4/c14-8-4-7-10(12(16)17)15-11(13(18)19)9-5-2-1-3-6-9/h1-3,5-6,10-11,15H,4,7-8,14H2,(H,16,17)(H,18,19)/t10-,11?/m0/s1. The summed E-state index contributed by atoms with van der Waals surface area (Å²) in [5.41, 5.74) is 5.86. The number of rotatable bonds is 8. The molecule has 1 rings (SSSR count). The van der Waals surface area contributed by atoms with Gasteiger partial charge in [-0.15, -0.1) is 0 Å². The number of hydrogen-bond donors (Lipinski definition) is 4. The minimum Gasteiger partial charge on any atom is -0.480 e. The highest BCUT2D eigenvalue weighted by Gasteiger charge is 2.26. The maximum atomic E-state index is 11.3. The summed E-state index contributed by atoms with van der Waals surface area (Å²) in [5.74, 6) is -2.18. The third-order valence-electron chi connectivity index (χ3n) is 2.74. The van der Waals surface area contributed by atoms with Gasteiger partial charge in [0, 0.05) is 0 Å². The summed E-state index contributed by atoms with van der Waals surface area (Å²) in [6.45, 7) is 0.370. The largest absolute Gasteiger partial charge is 0.480 e. The average Bonchev–Trinajstić information content (AvgIpc) is 2.39. The zero-order valence-corrected chi connectivity index (χ0v) is 10.5. The van der Waals surface area contributed by atoms with Crippen LogP contribution in [0, 0.1) is 0 Å². The van der Waals surface area contributed by atoms with Gasteiger partial charge in [0.25, 0.3) is 0 Å². The van der Waals surface area contributed by atoms with Crippen molar-refractivity contribution >= 4 is 11.9 Å². The van der Waals surface area contributed by atoms with Gasteiger partial charge in [-0.05, 0) is 24.9 Å². The van der Waals surface area contributed by atoms with Gasteiger partial charge in [-0.2, -0.15) is 0 Å². The van der Waals surface area contributed by atoms with Gasteiger partial charge in [-0.25, -0.2) is 0 Å². The van der Waals surface area contributed by atoms with E-state index in [0.29, 0.717) is 24.9 Å². The lowest BCUT2D eigenvalue weighted by Gasteiger charge is -2.20. The summed E-state index contributed by atoms with van der Waals surface area (Å²) in [4.78, 5) is 22.4. The Morgan fingerprint density at radius 2 is 1.79 bits per heavy atom. The van der Waals surface area contributed by atoms with Gasteiger partial charge in [0.2, 0.25) is 0 Å². The van der Waals surface area contributed by atoms with Crippen molar-refractivity contribution in [3.8, 4) is 0 Å². The number of hydrogen-bond acceptors (Lipinski definition) is 4. The quantitative estimate of drug-likeness (QED) is 0.548. The molecule has 2 atom stereocenters. The molecule has 0 aliphatic carbocycles. The predicted molar refractivity (Wildman–Crippen MR) is 69.7 cm³/mol. The van der Waals surface area contributed by atoms with Crippen molar-refractivity contribution in [2.45, 2.75) is 24.9 Å². The van der Waals surface area contributed by atoms with E-state index in [-0.39, 0.29) is 0 Å². The number of carboxylic acid groups (broad SMARTS) is 2. The molecule has 0 spiro atoms. The highest BCUT2D eigenvalue weighted by atomic mass is 16.4. The fourth-order valence-corrected chi connectivity index (χ4v) is 1.76. The van der Waals surface area contributed by atoms with Crippen molar-refractivity contribution in [3.05, 3.63) is 35.9 Å². The first-order chi connectivity index (χ1) is 9.06. The number of nitrogens with two attached hydrogens (primary N) is 1. The van der Waals surface area contributed by atoms with Gasteiger partial charge in [0.15, 0.2) is 0 Å². The van der Waals surface area contributed by atoms with E-state index >= 15 is 0 Å². The molecule has 1 aromatic rings. The molecular weight excluding hydrogens is 248 g/mol. The number of carbonyl (C=O) groups is 2. The smallest absolute Gasteiger partial charge is 0.325 e. The molecule has 19 heavy (non-hydrogen) atoms. The zero-order chi connectivity index (χ0) is 14.3. The van der Waals surface area contributed by atoms with Crippen LogP contribution >= 0.6 is 0 Å². The van der Waals surface area contributed by atoms with Crippen molar-refractivity contribution in [1.29, 1.82) is 0 Å². The molecule has 0 aliphatic rings. The van der Waals surface area contributed by atoms with Crippen LogP contribution in [0.15, 0.2) is 30.3 Å². The summed E-state index contributed by atoms with van der Waals surface area (Å²) in [5, 5.41) is 20.9. The molecule has 5 N–H and O–H groups in total. The third-order valence-corrected chi connectivity index (χ3v) is 2.74. The van der Waals surface area contributed by atoms with Gasteiger partial charge >= 0.3 is 11.9 Å². The molecule has 0 amide bonds. The summed E-state index contributed by atoms with van der Waals surface area (Å²) >= 11 is 0. The lowest BCUT2D eigenvalue weighted by molar-refractivity contribution is -0.142. The van der Waals surface area contributed by atoms with E-state index in [4.69, 9.17) is 10.8 Å². The molecule has 104 valence electrons. The van der Waals surface area contributed by atoms with Crippen molar-refractivity contribution in [1.82, 2.24) is 5.32 Å². The first-order valence-corrected chi connectivity index (χ1v) is 6.03. The lowest BCUT2D eigenvalue weighted by Crippen LogP contribution is -2.42. The molecule has 0 saturated carbocycles. The Bertz CT molecular complexity index is 422. The van der Waals surface area contributed by atoms with Crippen molar-refractivity contribution < 1.29 is 19.8 Å². The SMILES string of the molecule is NCCC[C@H](NC(C(=O)O)c1ccccc1)C(=O)O. The maximum Gasteiger partial charge on any atom is 0.325 e. The molecular formula is C13H18N2O4. The predicted octanol–water partition coefficient (Wildman–Crippen LogP) is 0.594. The van der Waals surface area contributed by atoms with Gasteiger partial charge < -0.3 is 15.9 Å². The van der Waals surface area contributed by atoms with E-state index in [0.717, 1.165) is 0 Å². The lowest BCUT2D eigenvalue weighted by atomic mass is 10.0. The summed E-state index contributed by atoms with van der Waals surface area (Å²) < 4.78 is 0. The topological polar surface area (TPSA) is 113 Å². The second kappa shape index (κ2) is 7.50. The maximum absolute atomic E-state index is 11.3. The highest BCUT2D eigenvalue weighted by molar-refractivity contribution is 5.78. The van der Waals surface area contributed by atoms with Crippen LogP contribution in [0.4, 0.5) is 0 Å². The minimum absolute atomic E-state index is 0.294. The second-order valence-corrected chi connectivity index (χ2v) is 4.17. The van der Waals surface area contributed by atoms with Crippen molar-refractivity contribution in [3.63, 3.8) is 0 Å². The monoisotopic (exact) mass is 266 g/mol. The van der Waals surface area contributed by atoms with E-state index in [1.54, 1.807) is 30.3 Å². The molecule has 0 fully saturated rings. The third kappa shape index (κ3) is 4.69.